The number of alkyl halides is 4. The van der Waals surface area contributed by atoms with E-state index in [0.717, 1.165) is 0 Å². The van der Waals surface area contributed by atoms with Gasteiger partial charge in [0.15, 0.2) is 4.33 Å². The summed E-state index contributed by atoms with van der Waals surface area (Å²) in [5.74, 6) is -1.07. The number of fused-ring (bicyclic) bond motifs is 2. The summed E-state index contributed by atoms with van der Waals surface area (Å²) in [6.07, 6.45) is 0.369. The van der Waals surface area contributed by atoms with Crippen molar-refractivity contribution in [1.82, 2.24) is 10.6 Å². The molecule has 0 radical (unpaired) electrons. The van der Waals surface area contributed by atoms with Crippen LogP contribution in [0.3, 0.4) is 0 Å². The van der Waals surface area contributed by atoms with Gasteiger partial charge in [-0.1, -0.05) is 67.2 Å². The molecule has 0 heterocycles. The Morgan fingerprint density at radius 3 is 1.86 bits per heavy atom. The Hall–Kier alpha value is 0.420. The Labute approximate surface area is 202 Å². The van der Waals surface area contributed by atoms with Crippen LogP contribution in [0.2, 0.25) is 0 Å². The van der Waals surface area contributed by atoms with Crippen LogP contribution < -0.4 is 10.6 Å². The molecule has 4 atom stereocenters. The highest BCUT2D eigenvalue weighted by Crippen LogP contribution is 2.74. The Morgan fingerprint density at radius 1 is 0.931 bits per heavy atom. The first-order valence-corrected chi connectivity index (χ1v) is 11.5. The predicted molar refractivity (Wildman–Crippen MR) is 122 cm³/mol. The molecular weight excluding hydrogens is 501 g/mol. The van der Waals surface area contributed by atoms with Crippen molar-refractivity contribution in [2.45, 2.75) is 80.0 Å². The number of amides is 2. The third kappa shape index (κ3) is 4.00. The smallest absolute Gasteiger partial charge is 0.225 e. The molecular formula is C19H26Cl6N2O2. The zero-order valence-electron chi connectivity index (χ0n) is 17.2. The van der Waals surface area contributed by atoms with E-state index in [9.17, 15) is 9.59 Å². The van der Waals surface area contributed by atoms with E-state index in [-0.39, 0.29) is 40.3 Å². The number of rotatable bonds is 4. The normalized spacial score (nSPS) is 33.8. The maximum absolute atomic E-state index is 12.7. The summed E-state index contributed by atoms with van der Waals surface area (Å²) in [5.41, 5.74) is -1.09. The molecule has 2 N–H and O–H groups in total. The third-order valence-electron chi connectivity index (χ3n) is 5.25. The molecule has 10 heteroatoms. The zero-order valence-corrected chi connectivity index (χ0v) is 21.7. The first-order valence-electron chi connectivity index (χ1n) is 9.25. The fourth-order valence-corrected chi connectivity index (χ4v) is 6.78. The second-order valence-corrected chi connectivity index (χ2v) is 13.0. The van der Waals surface area contributed by atoms with Crippen molar-refractivity contribution in [2.75, 3.05) is 0 Å². The average Bonchev–Trinajstić information content (AvgIpc) is 2.72. The summed E-state index contributed by atoms with van der Waals surface area (Å²) in [5, 5.41) is 5.86. The van der Waals surface area contributed by atoms with Gasteiger partial charge in [-0.15, -0.1) is 23.2 Å². The molecule has 29 heavy (non-hydrogen) atoms. The van der Waals surface area contributed by atoms with Crippen molar-refractivity contribution in [3.05, 3.63) is 10.1 Å². The van der Waals surface area contributed by atoms with E-state index < -0.39 is 31.5 Å². The van der Waals surface area contributed by atoms with Gasteiger partial charge in [0.05, 0.1) is 16.1 Å². The summed E-state index contributed by atoms with van der Waals surface area (Å²) in [6.45, 7) is 10.9. The first kappa shape index (κ1) is 25.7. The predicted octanol–water partition coefficient (Wildman–Crippen LogP) is 5.67. The molecule has 2 aliphatic rings. The Morgan fingerprint density at radius 2 is 1.41 bits per heavy atom. The maximum atomic E-state index is 12.7. The van der Waals surface area contributed by atoms with Crippen molar-refractivity contribution in [2.24, 2.45) is 11.3 Å². The lowest BCUT2D eigenvalue weighted by molar-refractivity contribution is -0.129. The third-order valence-corrected chi connectivity index (χ3v) is 9.56. The van der Waals surface area contributed by atoms with Gasteiger partial charge in [0.2, 0.25) is 11.8 Å². The molecule has 0 aliphatic heterocycles. The van der Waals surface area contributed by atoms with Gasteiger partial charge in [-0.05, 0) is 27.2 Å². The number of halogens is 6. The van der Waals surface area contributed by atoms with Crippen LogP contribution in [0.1, 0.15) is 54.4 Å². The number of carbonyl (C=O) groups excluding carboxylic acids is 2. The van der Waals surface area contributed by atoms with Crippen molar-refractivity contribution in [3.8, 4) is 0 Å². The largest absolute Gasteiger partial charge is 0.352 e. The molecule has 0 aromatic carbocycles. The van der Waals surface area contributed by atoms with Crippen LogP contribution in [0.4, 0.5) is 0 Å². The number of allylic oxidation sites excluding steroid dienone is 1. The maximum Gasteiger partial charge on any atom is 0.225 e. The van der Waals surface area contributed by atoms with Crippen molar-refractivity contribution < 1.29 is 9.59 Å². The van der Waals surface area contributed by atoms with Gasteiger partial charge >= 0.3 is 0 Å². The highest BCUT2D eigenvalue weighted by molar-refractivity contribution is 6.66. The monoisotopic (exact) mass is 524 g/mol. The Bertz CT molecular complexity index is 755. The Kier molecular flexibility index (Phi) is 6.89. The van der Waals surface area contributed by atoms with Crippen LogP contribution >= 0.6 is 69.6 Å². The summed E-state index contributed by atoms with van der Waals surface area (Å²) < 4.78 is -1.79. The fraction of sp³-hybridized carbons (Fsp3) is 0.789. The topological polar surface area (TPSA) is 58.2 Å². The van der Waals surface area contributed by atoms with Gasteiger partial charge in [0.25, 0.3) is 0 Å². The highest BCUT2D eigenvalue weighted by atomic mass is 35.5. The quantitative estimate of drug-likeness (QED) is 0.463. The molecule has 0 spiro atoms. The average molecular weight is 527 g/mol. The van der Waals surface area contributed by atoms with Crippen LogP contribution in [-0.2, 0) is 9.59 Å². The van der Waals surface area contributed by atoms with E-state index in [2.05, 4.69) is 10.6 Å². The van der Waals surface area contributed by atoms with Crippen LogP contribution in [0.25, 0.3) is 0 Å². The van der Waals surface area contributed by atoms with Crippen LogP contribution in [0.5, 0.6) is 0 Å². The number of carbonyl (C=O) groups is 2. The fourth-order valence-electron chi connectivity index (χ4n) is 3.78. The van der Waals surface area contributed by atoms with Gasteiger partial charge in [-0.2, -0.15) is 0 Å². The standard InChI is InChI=1S/C19H26Cl6N2O2/c1-15(2,3)14(29)26-13-9(7-8-10(28)27-16(4,5)6)17(22)11(20)12(21)18(13,23)19(17,24)25/h9,13H,7-8H2,1-6H3,(H,26,29)(H,27,28)/t9-,13-,17+,18-/m1/s1. The number of hydrogen-bond donors (Lipinski definition) is 2. The zero-order chi connectivity index (χ0) is 22.8. The summed E-state index contributed by atoms with van der Waals surface area (Å²) in [7, 11) is 0. The van der Waals surface area contributed by atoms with E-state index in [0.29, 0.717) is 0 Å². The van der Waals surface area contributed by atoms with Gasteiger partial charge in [0, 0.05) is 23.3 Å². The minimum absolute atomic E-state index is 0.00966. The van der Waals surface area contributed by atoms with Crippen molar-refractivity contribution in [1.29, 1.82) is 0 Å². The molecule has 0 aromatic rings. The minimum atomic E-state index is -1.79. The lowest BCUT2D eigenvalue weighted by Gasteiger charge is -2.38. The van der Waals surface area contributed by atoms with Crippen molar-refractivity contribution in [3.63, 3.8) is 0 Å². The van der Waals surface area contributed by atoms with Crippen molar-refractivity contribution >= 4 is 81.4 Å². The number of nitrogens with one attached hydrogen (secondary N) is 2. The molecule has 1 fully saturated rings. The molecule has 1 saturated carbocycles. The van der Waals surface area contributed by atoms with Gasteiger partial charge in [-0.3, -0.25) is 9.59 Å². The van der Waals surface area contributed by atoms with Crippen LogP contribution in [-0.4, -0.2) is 37.5 Å². The van der Waals surface area contributed by atoms with Crippen LogP contribution in [0.15, 0.2) is 10.1 Å². The lowest BCUT2D eigenvalue weighted by atomic mass is 9.83. The molecule has 2 amide bonds. The molecule has 2 aliphatic carbocycles. The minimum Gasteiger partial charge on any atom is -0.352 e. The van der Waals surface area contributed by atoms with Gasteiger partial charge in [-0.25, -0.2) is 0 Å². The molecule has 2 rings (SSSR count). The summed E-state index contributed by atoms with van der Waals surface area (Å²) in [4.78, 5) is 22.0. The van der Waals surface area contributed by atoms with Gasteiger partial charge in [0.1, 0.15) is 9.75 Å². The van der Waals surface area contributed by atoms with E-state index in [1.54, 1.807) is 20.8 Å². The molecule has 2 bridgehead atoms. The highest BCUT2D eigenvalue weighted by Gasteiger charge is 2.82. The lowest BCUT2D eigenvalue weighted by Crippen LogP contribution is -2.56. The van der Waals surface area contributed by atoms with E-state index in [1.165, 1.54) is 0 Å². The first-order chi connectivity index (χ1) is 12.8. The second-order valence-electron chi connectivity index (χ2n) is 9.77. The molecule has 166 valence electrons. The SMILES string of the molecule is CC(C)(C)NC(=O)CC[C@@H]1[C@@H](NC(=O)C(C)(C)C)[C@]2(Cl)C(Cl)=C(Cl)[C@]1(Cl)C2(Cl)Cl. The molecule has 0 unspecified atom stereocenters. The number of hydrogen-bond acceptors (Lipinski definition) is 2. The Balaban J connectivity index is 2.43. The summed E-state index contributed by atoms with van der Waals surface area (Å²) >= 11 is 39.9. The van der Waals surface area contributed by atoms with Crippen LogP contribution in [0, 0.1) is 11.3 Å². The molecule has 0 aromatic heterocycles. The summed E-state index contributed by atoms with van der Waals surface area (Å²) in [6, 6.07) is -0.819. The molecule has 4 nitrogen and oxygen atoms in total. The molecule has 0 saturated heterocycles. The van der Waals surface area contributed by atoms with E-state index in [4.69, 9.17) is 69.6 Å². The second kappa shape index (κ2) is 7.78. The van der Waals surface area contributed by atoms with Gasteiger partial charge < -0.3 is 10.6 Å². The van der Waals surface area contributed by atoms with E-state index >= 15 is 0 Å². The van der Waals surface area contributed by atoms with E-state index in [1.807, 2.05) is 20.8 Å².